The summed E-state index contributed by atoms with van der Waals surface area (Å²) in [7, 11) is 0. The van der Waals surface area contributed by atoms with Crippen molar-refractivity contribution in [3.05, 3.63) is 18.1 Å². The lowest BCUT2D eigenvalue weighted by Gasteiger charge is -2.10. The second kappa shape index (κ2) is 6.43. The topological polar surface area (TPSA) is 49.8 Å². The Morgan fingerprint density at radius 2 is 1.94 bits per heavy atom. The number of aromatic nitrogens is 2. The van der Waals surface area contributed by atoms with Gasteiger partial charge < -0.3 is 10.6 Å². The summed E-state index contributed by atoms with van der Waals surface area (Å²) in [6.45, 7) is 10.3. The molecule has 0 saturated heterocycles. The third-order valence-electron chi connectivity index (χ3n) is 2.07. The van der Waals surface area contributed by atoms with E-state index in [4.69, 9.17) is 0 Å². The Kier molecular flexibility index (Phi) is 5.19. The molecule has 0 atom stereocenters. The third kappa shape index (κ3) is 5.07. The van der Waals surface area contributed by atoms with Crippen molar-refractivity contribution in [2.45, 2.75) is 40.3 Å². The van der Waals surface area contributed by atoms with Crippen molar-refractivity contribution in [1.82, 2.24) is 15.3 Å². The van der Waals surface area contributed by atoms with E-state index in [1.54, 1.807) is 12.4 Å². The van der Waals surface area contributed by atoms with Crippen LogP contribution >= 0.6 is 0 Å². The molecule has 90 valence electrons. The van der Waals surface area contributed by atoms with E-state index in [0.29, 0.717) is 12.0 Å². The van der Waals surface area contributed by atoms with Crippen molar-refractivity contribution in [3.8, 4) is 0 Å². The predicted molar refractivity (Wildman–Crippen MR) is 67.3 cm³/mol. The number of nitrogens with zero attached hydrogens (tertiary/aromatic N) is 2. The van der Waals surface area contributed by atoms with Crippen LogP contribution in [0.25, 0.3) is 0 Å². The monoisotopic (exact) mass is 222 g/mol. The Morgan fingerprint density at radius 3 is 2.56 bits per heavy atom. The van der Waals surface area contributed by atoms with Crippen LogP contribution in [-0.4, -0.2) is 22.6 Å². The van der Waals surface area contributed by atoms with E-state index in [2.05, 4.69) is 48.3 Å². The van der Waals surface area contributed by atoms with E-state index in [0.717, 1.165) is 24.6 Å². The Balaban J connectivity index is 2.50. The highest BCUT2D eigenvalue weighted by molar-refractivity contribution is 5.31. The smallest absolute Gasteiger partial charge is 0.144 e. The van der Waals surface area contributed by atoms with Crippen molar-refractivity contribution < 1.29 is 0 Å². The molecular formula is C12H22N4. The molecule has 2 N–H and O–H groups in total. The zero-order chi connectivity index (χ0) is 12.0. The SMILES string of the molecule is CC(C)CNc1cncc(CNC(C)C)n1. The van der Waals surface area contributed by atoms with Gasteiger partial charge in [-0.15, -0.1) is 0 Å². The summed E-state index contributed by atoms with van der Waals surface area (Å²) in [4.78, 5) is 8.66. The second-order valence-corrected chi connectivity index (χ2v) is 4.71. The summed E-state index contributed by atoms with van der Waals surface area (Å²) in [5, 5.41) is 6.59. The molecule has 1 aromatic heterocycles. The molecule has 0 bridgehead atoms. The van der Waals surface area contributed by atoms with Crippen LogP contribution < -0.4 is 10.6 Å². The highest BCUT2D eigenvalue weighted by atomic mass is 15.0. The van der Waals surface area contributed by atoms with E-state index in [1.807, 2.05) is 0 Å². The average Bonchev–Trinajstić information content (AvgIpc) is 2.24. The van der Waals surface area contributed by atoms with Gasteiger partial charge in [0.05, 0.1) is 11.9 Å². The van der Waals surface area contributed by atoms with Crippen LogP contribution in [-0.2, 0) is 6.54 Å². The average molecular weight is 222 g/mol. The number of anilines is 1. The predicted octanol–water partition coefficient (Wildman–Crippen LogP) is 2.04. The maximum Gasteiger partial charge on any atom is 0.144 e. The van der Waals surface area contributed by atoms with Gasteiger partial charge in [0.1, 0.15) is 5.82 Å². The Bertz CT molecular complexity index is 282. The van der Waals surface area contributed by atoms with Crippen molar-refractivity contribution in [2.75, 3.05) is 11.9 Å². The molecule has 0 aromatic carbocycles. The number of hydrogen-bond acceptors (Lipinski definition) is 4. The first-order valence-corrected chi connectivity index (χ1v) is 5.86. The summed E-state index contributed by atoms with van der Waals surface area (Å²) in [5.41, 5.74) is 0.974. The molecule has 0 amide bonds. The van der Waals surface area contributed by atoms with E-state index in [9.17, 15) is 0 Å². The minimum Gasteiger partial charge on any atom is -0.369 e. The van der Waals surface area contributed by atoms with Gasteiger partial charge >= 0.3 is 0 Å². The highest BCUT2D eigenvalue weighted by Gasteiger charge is 2.00. The first-order valence-electron chi connectivity index (χ1n) is 5.86. The standard InChI is InChI=1S/C12H22N4/c1-9(2)5-15-12-8-13-6-11(16-12)7-14-10(3)4/h6,8-10,14H,5,7H2,1-4H3,(H,15,16). The fourth-order valence-corrected chi connectivity index (χ4v) is 1.19. The van der Waals surface area contributed by atoms with Gasteiger partial charge in [-0.2, -0.15) is 0 Å². The largest absolute Gasteiger partial charge is 0.369 e. The quantitative estimate of drug-likeness (QED) is 0.773. The molecule has 0 unspecified atom stereocenters. The summed E-state index contributed by atoms with van der Waals surface area (Å²) in [5.74, 6) is 1.47. The zero-order valence-electron chi connectivity index (χ0n) is 10.6. The minimum absolute atomic E-state index is 0.467. The van der Waals surface area contributed by atoms with Crippen molar-refractivity contribution in [1.29, 1.82) is 0 Å². The van der Waals surface area contributed by atoms with Crippen LogP contribution in [0.1, 0.15) is 33.4 Å². The molecule has 4 nitrogen and oxygen atoms in total. The molecular weight excluding hydrogens is 200 g/mol. The third-order valence-corrected chi connectivity index (χ3v) is 2.07. The summed E-state index contributed by atoms with van der Waals surface area (Å²) in [6.07, 6.45) is 3.57. The van der Waals surface area contributed by atoms with Gasteiger partial charge in [-0.3, -0.25) is 4.98 Å². The summed E-state index contributed by atoms with van der Waals surface area (Å²) < 4.78 is 0. The Morgan fingerprint density at radius 1 is 1.19 bits per heavy atom. The Hall–Kier alpha value is -1.16. The first kappa shape index (κ1) is 12.9. The fraction of sp³-hybridized carbons (Fsp3) is 0.667. The van der Waals surface area contributed by atoms with E-state index < -0.39 is 0 Å². The molecule has 16 heavy (non-hydrogen) atoms. The number of hydrogen-bond donors (Lipinski definition) is 2. The Labute approximate surface area is 97.9 Å². The molecule has 0 fully saturated rings. The van der Waals surface area contributed by atoms with Gasteiger partial charge in [-0.05, 0) is 5.92 Å². The van der Waals surface area contributed by atoms with Gasteiger partial charge in [0.15, 0.2) is 0 Å². The molecule has 0 radical (unpaired) electrons. The minimum atomic E-state index is 0.467. The maximum atomic E-state index is 4.48. The molecule has 0 aliphatic rings. The lowest BCUT2D eigenvalue weighted by molar-refractivity contribution is 0.580. The van der Waals surface area contributed by atoms with Crippen LogP contribution in [0.2, 0.25) is 0 Å². The lowest BCUT2D eigenvalue weighted by Crippen LogP contribution is -2.22. The van der Waals surface area contributed by atoms with E-state index in [1.165, 1.54) is 0 Å². The molecule has 0 aliphatic heterocycles. The molecule has 1 rings (SSSR count). The van der Waals surface area contributed by atoms with Gasteiger partial charge in [-0.1, -0.05) is 27.7 Å². The van der Waals surface area contributed by atoms with Crippen LogP contribution in [0, 0.1) is 5.92 Å². The van der Waals surface area contributed by atoms with Crippen molar-refractivity contribution >= 4 is 5.82 Å². The number of rotatable bonds is 6. The van der Waals surface area contributed by atoms with Crippen molar-refractivity contribution in [2.24, 2.45) is 5.92 Å². The molecule has 0 saturated carbocycles. The van der Waals surface area contributed by atoms with Crippen LogP contribution in [0.15, 0.2) is 12.4 Å². The number of nitrogens with one attached hydrogen (secondary N) is 2. The normalized spacial score (nSPS) is 11.1. The molecule has 4 heteroatoms. The highest BCUT2D eigenvalue weighted by Crippen LogP contribution is 2.03. The van der Waals surface area contributed by atoms with Gasteiger partial charge in [-0.25, -0.2) is 4.98 Å². The van der Waals surface area contributed by atoms with Gasteiger partial charge in [0, 0.05) is 25.3 Å². The molecule has 0 aliphatic carbocycles. The molecule has 1 aromatic rings. The zero-order valence-corrected chi connectivity index (χ0v) is 10.6. The molecule has 0 spiro atoms. The van der Waals surface area contributed by atoms with Gasteiger partial charge in [0.25, 0.3) is 0 Å². The van der Waals surface area contributed by atoms with E-state index >= 15 is 0 Å². The van der Waals surface area contributed by atoms with Crippen LogP contribution in [0.4, 0.5) is 5.82 Å². The fourth-order valence-electron chi connectivity index (χ4n) is 1.19. The summed E-state index contributed by atoms with van der Waals surface area (Å²) in [6, 6.07) is 0.467. The van der Waals surface area contributed by atoms with Crippen LogP contribution in [0.5, 0.6) is 0 Å². The summed E-state index contributed by atoms with van der Waals surface area (Å²) >= 11 is 0. The van der Waals surface area contributed by atoms with E-state index in [-0.39, 0.29) is 0 Å². The van der Waals surface area contributed by atoms with Crippen molar-refractivity contribution in [3.63, 3.8) is 0 Å². The van der Waals surface area contributed by atoms with Gasteiger partial charge in [0.2, 0.25) is 0 Å². The second-order valence-electron chi connectivity index (χ2n) is 4.71. The van der Waals surface area contributed by atoms with Crippen LogP contribution in [0.3, 0.4) is 0 Å². The first-order chi connectivity index (χ1) is 7.58. The lowest BCUT2D eigenvalue weighted by atomic mass is 10.2. The molecule has 1 heterocycles. The maximum absolute atomic E-state index is 4.48.